The number of urea groups is 1. The van der Waals surface area contributed by atoms with Crippen LogP contribution in [0.4, 0.5) is 10.5 Å². The second-order valence-electron chi connectivity index (χ2n) is 8.10. The molecule has 1 radical (unpaired) electrons. The van der Waals surface area contributed by atoms with Gasteiger partial charge in [-0.2, -0.15) is 0 Å². The van der Waals surface area contributed by atoms with Crippen LogP contribution in [0, 0.1) is 6.42 Å². The van der Waals surface area contributed by atoms with Gasteiger partial charge in [0.05, 0.1) is 6.54 Å². The summed E-state index contributed by atoms with van der Waals surface area (Å²) in [5.74, 6) is -0.456. The number of rotatable bonds is 5. The van der Waals surface area contributed by atoms with Gasteiger partial charge in [-0.15, -0.1) is 0 Å². The quantitative estimate of drug-likeness (QED) is 0.852. The van der Waals surface area contributed by atoms with Crippen molar-refractivity contribution in [2.45, 2.75) is 24.9 Å². The smallest absolute Gasteiger partial charge is 0.325 e. The van der Waals surface area contributed by atoms with E-state index in [1.54, 1.807) is 9.80 Å². The van der Waals surface area contributed by atoms with E-state index in [-0.39, 0.29) is 12.6 Å². The molecule has 2 saturated heterocycles. The summed E-state index contributed by atoms with van der Waals surface area (Å²) in [5.41, 5.74) is 9.03. The Hall–Kier alpha value is -2.86. The van der Waals surface area contributed by atoms with Gasteiger partial charge in [0, 0.05) is 18.8 Å². The van der Waals surface area contributed by atoms with E-state index >= 15 is 0 Å². The fraction of sp³-hybridized carbons (Fsp3) is 0.348. The highest BCUT2D eigenvalue weighted by Crippen LogP contribution is 2.37. The second kappa shape index (κ2) is 7.52. The molecule has 0 bridgehead atoms. The van der Waals surface area contributed by atoms with Crippen molar-refractivity contribution in [3.05, 3.63) is 60.5 Å². The molecule has 1 atom stereocenters. The predicted molar refractivity (Wildman–Crippen MR) is 114 cm³/mol. The zero-order chi connectivity index (χ0) is 20.6. The van der Waals surface area contributed by atoms with E-state index in [0.29, 0.717) is 6.54 Å². The van der Waals surface area contributed by atoms with Crippen LogP contribution in [0.2, 0.25) is 0 Å². The van der Waals surface area contributed by atoms with E-state index in [1.807, 2.05) is 36.8 Å². The Morgan fingerprint density at radius 2 is 1.86 bits per heavy atom. The number of hydrogen-bond acceptors (Lipinski definition) is 3. The molecule has 2 aliphatic heterocycles. The third-order valence-electron chi connectivity index (χ3n) is 5.83. The van der Waals surface area contributed by atoms with E-state index in [9.17, 15) is 9.59 Å². The summed E-state index contributed by atoms with van der Waals surface area (Å²) in [6.07, 6.45) is 3.56. The van der Waals surface area contributed by atoms with Gasteiger partial charge in [-0.1, -0.05) is 36.4 Å². The first-order chi connectivity index (χ1) is 13.9. The highest BCUT2D eigenvalue weighted by atomic mass is 16.2. The fourth-order valence-electron chi connectivity index (χ4n) is 4.39. The van der Waals surface area contributed by atoms with Crippen molar-refractivity contribution in [3.63, 3.8) is 0 Å². The van der Waals surface area contributed by atoms with E-state index in [4.69, 9.17) is 5.73 Å². The zero-order valence-electron chi connectivity index (χ0n) is 17.0. The number of fused-ring (bicyclic) bond motifs is 1. The highest BCUT2D eigenvalue weighted by Gasteiger charge is 2.55. The van der Waals surface area contributed by atoms with Crippen LogP contribution < -0.4 is 10.6 Å². The Kier molecular flexibility index (Phi) is 5.04. The van der Waals surface area contributed by atoms with Crippen LogP contribution in [-0.4, -0.2) is 54.5 Å². The number of primary amides is 1. The molecule has 0 unspecified atom stereocenters. The van der Waals surface area contributed by atoms with Crippen LogP contribution in [0.3, 0.4) is 0 Å². The van der Waals surface area contributed by atoms with Crippen LogP contribution in [-0.2, 0) is 11.3 Å². The fourth-order valence-corrected chi connectivity index (χ4v) is 4.39. The Morgan fingerprint density at radius 1 is 1.14 bits per heavy atom. The van der Waals surface area contributed by atoms with Gasteiger partial charge in [-0.25, -0.2) is 4.79 Å². The van der Waals surface area contributed by atoms with Crippen molar-refractivity contribution >= 4 is 17.6 Å². The van der Waals surface area contributed by atoms with Crippen LogP contribution in [0.5, 0.6) is 0 Å². The Labute approximate surface area is 171 Å². The maximum absolute atomic E-state index is 13.0. The summed E-state index contributed by atoms with van der Waals surface area (Å²) in [4.78, 5) is 30.6. The molecular weight excluding hydrogens is 364 g/mol. The third-order valence-corrected chi connectivity index (χ3v) is 5.83. The molecule has 4 rings (SSSR count). The lowest BCUT2D eigenvalue weighted by atomic mass is 9.87. The topological polar surface area (TPSA) is 69.9 Å². The zero-order valence-corrected chi connectivity index (χ0v) is 17.0. The minimum absolute atomic E-state index is 0.152. The third kappa shape index (κ3) is 3.38. The molecule has 0 aromatic heterocycles. The molecule has 6 nitrogen and oxygen atoms in total. The maximum atomic E-state index is 13.0. The standard InChI is InChI=1S/C23H27N4O2/c1-25(2)15-18-7-3-4-8-20(18)17-9-11-19(12-10-17)26-16-23(21(24)28)13-5-6-14-27(23)22(26)29/h3-4,7-13H,5-6,14-16H2,1-2H3,(H2,24,28)/t23-/m1/s1. The largest absolute Gasteiger partial charge is 0.368 e. The molecule has 2 fully saturated rings. The summed E-state index contributed by atoms with van der Waals surface area (Å²) in [5, 5.41) is 0. The lowest BCUT2D eigenvalue weighted by Gasteiger charge is -2.37. The Morgan fingerprint density at radius 3 is 2.52 bits per heavy atom. The molecule has 2 aromatic rings. The van der Waals surface area contributed by atoms with Gasteiger partial charge in [0.25, 0.3) is 0 Å². The SMILES string of the molecule is CN(C)Cc1ccccc1-c1ccc(N2C[C@@]3(C(N)=O)[CH]CCCN3C2=O)cc1. The molecule has 2 heterocycles. The van der Waals surface area contributed by atoms with Gasteiger partial charge in [0.2, 0.25) is 5.91 Å². The van der Waals surface area contributed by atoms with Crippen molar-refractivity contribution in [2.24, 2.45) is 5.73 Å². The molecule has 0 aliphatic carbocycles. The molecule has 29 heavy (non-hydrogen) atoms. The predicted octanol–water partition coefficient (Wildman–Crippen LogP) is 2.88. The van der Waals surface area contributed by atoms with Gasteiger partial charge >= 0.3 is 6.03 Å². The number of carbonyl (C=O) groups is 2. The first kappa shape index (κ1) is 19.5. The van der Waals surface area contributed by atoms with Crippen LogP contribution in [0.25, 0.3) is 11.1 Å². The van der Waals surface area contributed by atoms with Crippen LogP contribution >= 0.6 is 0 Å². The number of amides is 3. The number of carbonyl (C=O) groups excluding carboxylic acids is 2. The molecule has 2 aliphatic rings. The monoisotopic (exact) mass is 391 g/mol. The lowest BCUT2D eigenvalue weighted by molar-refractivity contribution is -0.126. The average Bonchev–Trinajstić information content (AvgIpc) is 3.03. The van der Waals surface area contributed by atoms with Crippen molar-refractivity contribution in [1.29, 1.82) is 0 Å². The van der Waals surface area contributed by atoms with Crippen molar-refractivity contribution in [3.8, 4) is 11.1 Å². The number of nitrogens with zero attached hydrogens (tertiary/aromatic N) is 3. The first-order valence-corrected chi connectivity index (χ1v) is 9.99. The normalized spacial score (nSPS) is 21.6. The number of piperidine rings is 1. The molecule has 6 heteroatoms. The lowest BCUT2D eigenvalue weighted by Crippen LogP contribution is -2.59. The maximum Gasteiger partial charge on any atom is 0.325 e. The van der Waals surface area contributed by atoms with Crippen LogP contribution in [0.1, 0.15) is 18.4 Å². The summed E-state index contributed by atoms with van der Waals surface area (Å²) < 4.78 is 0. The van der Waals surface area contributed by atoms with Gasteiger partial charge in [0.1, 0.15) is 5.54 Å². The van der Waals surface area contributed by atoms with Gasteiger partial charge in [-0.05, 0) is 62.2 Å². The number of anilines is 1. The first-order valence-electron chi connectivity index (χ1n) is 9.99. The molecule has 3 amide bonds. The van der Waals surface area contributed by atoms with Crippen molar-refractivity contribution in [1.82, 2.24) is 9.80 Å². The second-order valence-corrected chi connectivity index (χ2v) is 8.10. The van der Waals surface area contributed by atoms with E-state index in [0.717, 1.165) is 30.6 Å². The van der Waals surface area contributed by atoms with Gasteiger partial charge < -0.3 is 15.5 Å². The van der Waals surface area contributed by atoms with E-state index in [2.05, 4.69) is 37.2 Å². The summed E-state index contributed by atoms with van der Waals surface area (Å²) in [6.45, 7) is 1.69. The van der Waals surface area contributed by atoms with Gasteiger partial charge in [-0.3, -0.25) is 9.69 Å². The highest BCUT2D eigenvalue weighted by molar-refractivity contribution is 6.03. The van der Waals surface area contributed by atoms with E-state index in [1.165, 1.54) is 11.1 Å². The molecule has 0 spiro atoms. The molecular formula is C23H27N4O2. The Balaban J connectivity index is 1.62. The molecule has 0 saturated carbocycles. The number of hydrogen-bond donors (Lipinski definition) is 1. The summed E-state index contributed by atoms with van der Waals surface area (Å²) >= 11 is 0. The number of benzene rings is 2. The molecule has 2 N–H and O–H groups in total. The van der Waals surface area contributed by atoms with E-state index < -0.39 is 11.4 Å². The van der Waals surface area contributed by atoms with Crippen LogP contribution in [0.15, 0.2) is 48.5 Å². The average molecular weight is 391 g/mol. The number of nitrogens with two attached hydrogens (primary N) is 1. The summed E-state index contributed by atoms with van der Waals surface area (Å²) in [6, 6.07) is 16.2. The van der Waals surface area contributed by atoms with Gasteiger partial charge in [0.15, 0.2) is 0 Å². The Bertz CT molecular complexity index is 925. The van der Waals surface area contributed by atoms with Crippen molar-refractivity contribution < 1.29 is 9.59 Å². The summed E-state index contributed by atoms with van der Waals surface area (Å²) in [7, 11) is 4.11. The minimum Gasteiger partial charge on any atom is -0.368 e. The van der Waals surface area contributed by atoms with Crippen molar-refractivity contribution in [2.75, 3.05) is 32.1 Å². The molecule has 151 valence electrons. The molecule has 2 aromatic carbocycles. The minimum atomic E-state index is -0.994.